The first kappa shape index (κ1) is 12.8. The Morgan fingerprint density at radius 2 is 2.06 bits per heavy atom. The van der Waals surface area contributed by atoms with E-state index in [9.17, 15) is 9.59 Å². The van der Waals surface area contributed by atoms with Gasteiger partial charge in [-0.05, 0) is 33.6 Å². The molecule has 0 aliphatic carbocycles. The highest BCUT2D eigenvalue weighted by Crippen LogP contribution is 2.20. The third-order valence-electron chi connectivity index (χ3n) is 2.64. The van der Waals surface area contributed by atoms with Crippen molar-refractivity contribution in [3.05, 3.63) is 0 Å². The lowest BCUT2D eigenvalue weighted by Crippen LogP contribution is -2.38. The van der Waals surface area contributed by atoms with E-state index in [1.165, 1.54) is 4.90 Å². The highest BCUT2D eigenvalue weighted by atomic mass is 16.5. The number of hydrogen-bond donors (Lipinski definition) is 1. The van der Waals surface area contributed by atoms with Crippen LogP contribution in [0.25, 0.3) is 0 Å². The van der Waals surface area contributed by atoms with Crippen LogP contribution in [0.3, 0.4) is 0 Å². The number of carboxylic acid groups (broad SMARTS) is 1. The fraction of sp³-hybridized carbons (Fsp3) is 0.818. The zero-order valence-corrected chi connectivity index (χ0v) is 10.0. The maximum Gasteiger partial charge on any atom is 0.407 e. The van der Waals surface area contributed by atoms with Crippen LogP contribution >= 0.6 is 0 Å². The lowest BCUT2D eigenvalue weighted by molar-refractivity contribution is -0.154. The van der Waals surface area contributed by atoms with Gasteiger partial charge in [0.05, 0.1) is 11.5 Å². The second-order valence-electron chi connectivity index (χ2n) is 5.12. The second kappa shape index (κ2) is 4.72. The molecule has 5 heteroatoms. The number of esters is 1. The predicted octanol–water partition coefficient (Wildman–Crippen LogP) is 1.72. The summed E-state index contributed by atoms with van der Waals surface area (Å²) in [5.41, 5.74) is -0.535. The zero-order chi connectivity index (χ0) is 12.3. The predicted molar refractivity (Wildman–Crippen MR) is 58.2 cm³/mol. The number of likely N-dealkylation sites (tertiary alicyclic amines) is 1. The van der Waals surface area contributed by atoms with Crippen molar-refractivity contribution in [3.63, 3.8) is 0 Å². The van der Waals surface area contributed by atoms with Gasteiger partial charge in [0.15, 0.2) is 0 Å². The summed E-state index contributed by atoms with van der Waals surface area (Å²) in [5, 5.41) is 8.89. The number of nitrogens with zero attached hydrogens (tertiary/aromatic N) is 1. The van der Waals surface area contributed by atoms with Crippen LogP contribution in [0.1, 0.15) is 33.6 Å². The number of carbonyl (C=O) groups excluding carboxylic acids is 1. The molecule has 1 amide bonds. The molecule has 0 spiro atoms. The van der Waals surface area contributed by atoms with Crippen molar-refractivity contribution in [3.8, 4) is 0 Å². The van der Waals surface area contributed by atoms with Crippen molar-refractivity contribution in [2.45, 2.75) is 39.7 Å². The molecule has 0 saturated carbocycles. The van der Waals surface area contributed by atoms with Gasteiger partial charge in [-0.3, -0.25) is 4.79 Å². The Morgan fingerprint density at radius 1 is 1.44 bits per heavy atom. The number of ether oxygens (including phenoxy) is 1. The minimum absolute atomic E-state index is 0.169. The van der Waals surface area contributed by atoms with Crippen LogP contribution in [0.15, 0.2) is 0 Å². The Morgan fingerprint density at radius 3 is 2.56 bits per heavy atom. The number of amides is 1. The molecule has 16 heavy (non-hydrogen) atoms. The molecule has 92 valence electrons. The Kier molecular flexibility index (Phi) is 3.78. The van der Waals surface area contributed by atoms with Crippen molar-refractivity contribution in [1.82, 2.24) is 4.90 Å². The maximum atomic E-state index is 11.5. The molecule has 1 N–H and O–H groups in total. The van der Waals surface area contributed by atoms with Gasteiger partial charge in [-0.1, -0.05) is 0 Å². The van der Waals surface area contributed by atoms with Gasteiger partial charge < -0.3 is 14.7 Å². The third-order valence-corrected chi connectivity index (χ3v) is 2.64. The van der Waals surface area contributed by atoms with E-state index in [4.69, 9.17) is 9.84 Å². The quantitative estimate of drug-likeness (QED) is 0.732. The van der Waals surface area contributed by atoms with E-state index < -0.39 is 11.5 Å². The molecule has 1 aliphatic heterocycles. The van der Waals surface area contributed by atoms with Crippen LogP contribution in [0.5, 0.6) is 0 Å². The van der Waals surface area contributed by atoms with Crippen molar-refractivity contribution >= 4 is 12.1 Å². The average Bonchev–Trinajstić information content (AvgIpc) is 2.60. The lowest BCUT2D eigenvalue weighted by atomic mass is 9.97. The molecule has 0 radical (unpaired) electrons. The topological polar surface area (TPSA) is 66.8 Å². The summed E-state index contributed by atoms with van der Waals surface area (Å²) in [6, 6.07) is -0.177. The molecule has 1 heterocycles. The van der Waals surface area contributed by atoms with Gasteiger partial charge in [-0.15, -0.1) is 0 Å². The molecule has 0 aromatic carbocycles. The minimum Gasteiger partial charge on any atom is -0.465 e. The Hall–Kier alpha value is -1.26. The molecule has 5 nitrogen and oxygen atoms in total. The Labute approximate surface area is 95.4 Å². The molecule has 1 rings (SSSR count). The monoisotopic (exact) mass is 229 g/mol. The molecular formula is C11H19NO4. The van der Waals surface area contributed by atoms with Crippen molar-refractivity contribution in [1.29, 1.82) is 0 Å². The second-order valence-corrected chi connectivity index (χ2v) is 5.12. The summed E-state index contributed by atoms with van der Waals surface area (Å²) in [7, 11) is 0. The molecule has 1 saturated heterocycles. The molecule has 1 aliphatic rings. The average molecular weight is 229 g/mol. The summed E-state index contributed by atoms with van der Waals surface area (Å²) < 4.78 is 5.13. The largest absolute Gasteiger partial charge is 0.465 e. The van der Waals surface area contributed by atoms with E-state index >= 15 is 0 Å². The fourth-order valence-corrected chi connectivity index (χ4v) is 1.65. The summed E-state index contributed by atoms with van der Waals surface area (Å²) >= 11 is 0. The standard InChI is InChI=1S/C11H19NO4/c1-11(2,3)9(13)16-7-8-5-4-6-12(8)10(14)15/h8H,4-7H2,1-3H3,(H,14,15). The lowest BCUT2D eigenvalue weighted by Gasteiger charge is -2.23. The van der Waals surface area contributed by atoms with E-state index in [0.29, 0.717) is 6.54 Å². The van der Waals surface area contributed by atoms with Gasteiger partial charge in [0.25, 0.3) is 0 Å². The van der Waals surface area contributed by atoms with Gasteiger partial charge in [-0.2, -0.15) is 0 Å². The molecular weight excluding hydrogens is 210 g/mol. The first-order valence-electron chi connectivity index (χ1n) is 5.49. The first-order chi connectivity index (χ1) is 7.32. The summed E-state index contributed by atoms with van der Waals surface area (Å²) in [6.45, 7) is 6.03. The highest BCUT2D eigenvalue weighted by molar-refractivity contribution is 5.75. The summed E-state index contributed by atoms with van der Waals surface area (Å²) in [4.78, 5) is 23.7. The van der Waals surface area contributed by atoms with Crippen LogP contribution in [-0.2, 0) is 9.53 Å². The first-order valence-corrected chi connectivity index (χ1v) is 5.49. The van der Waals surface area contributed by atoms with Crippen LogP contribution in [-0.4, -0.2) is 41.3 Å². The molecule has 0 aromatic heterocycles. The Balaban J connectivity index is 2.43. The van der Waals surface area contributed by atoms with Crippen LogP contribution in [0.2, 0.25) is 0 Å². The zero-order valence-electron chi connectivity index (χ0n) is 10.0. The van der Waals surface area contributed by atoms with Crippen LogP contribution in [0, 0.1) is 5.41 Å². The fourth-order valence-electron chi connectivity index (χ4n) is 1.65. The molecule has 1 unspecified atom stereocenters. The Bertz CT molecular complexity index is 282. The van der Waals surface area contributed by atoms with Gasteiger partial charge in [0.2, 0.25) is 0 Å². The third kappa shape index (κ3) is 3.12. The number of rotatable bonds is 2. The van der Waals surface area contributed by atoms with Crippen LogP contribution in [0.4, 0.5) is 4.79 Å². The number of hydrogen-bond acceptors (Lipinski definition) is 3. The molecule has 0 bridgehead atoms. The SMILES string of the molecule is CC(C)(C)C(=O)OCC1CCCN1C(=O)O. The van der Waals surface area contributed by atoms with Crippen molar-refractivity contribution in [2.75, 3.05) is 13.2 Å². The normalized spacial score (nSPS) is 20.9. The van der Waals surface area contributed by atoms with Gasteiger partial charge >= 0.3 is 12.1 Å². The molecule has 0 aromatic rings. The van der Waals surface area contributed by atoms with E-state index in [2.05, 4.69) is 0 Å². The molecule has 1 atom stereocenters. The number of carbonyl (C=O) groups is 2. The maximum absolute atomic E-state index is 11.5. The van der Waals surface area contributed by atoms with E-state index in [0.717, 1.165) is 12.8 Å². The van der Waals surface area contributed by atoms with Gasteiger partial charge in [0.1, 0.15) is 6.61 Å². The van der Waals surface area contributed by atoms with Gasteiger partial charge in [-0.25, -0.2) is 4.79 Å². The van der Waals surface area contributed by atoms with Crippen molar-refractivity contribution in [2.24, 2.45) is 5.41 Å². The summed E-state index contributed by atoms with van der Waals surface area (Å²) in [6.07, 6.45) is 0.669. The highest BCUT2D eigenvalue weighted by Gasteiger charge is 2.31. The van der Waals surface area contributed by atoms with E-state index in [-0.39, 0.29) is 18.6 Å². The van der Waals surface area contributed by atoms with Crippen molar-refractivity contribution < 1.29 is 19.4 Å². The minimum atomic E-state index is -0.936. The van der Waals surface area contributed by atoms with Crippen LogP contribution < -0.4 is 0 Å². The van der Waals surface area contributed by atoms with E-state index in [1.54, 1.807) is 20.8 Å². The molecule has 1 fully saturated rings. The van der Waals surface area contributed by atoms with E-state index in [1.807, 2.05) is 0 Å². The smallest absolute Gasteiger partial charge is 0.407 e. The van der Waals surface area contributed by atoms with Gasteiger partial charge in [0, 0.05) is 6.54 Å². The summed E-state index contributed by atoms with van der Waals surface area (Å²) in [5.74, 6) is -0.287.